The van der Waals surface area contributed by atoms with Crippen LogP contribution < -0.4 is 5.73 Å². The van der Waals surface area contributed by atoms with Crippen molar-refractivity contribution >= 4 is 44.7 Å². The summed E-state index contributed by atoms with van der Waals surface area (Å²) < 4.78 is 0.292. The Bertz CT molecular complexity index is 272. The average Bonchev–Trinajstić information content (AvgIpc) is 2.14. The fourth-order valence-corrected chi connectivity index (χ4v) is 0.831. The van der Waals surface area contributed by atoms with Crippen LogP contribution in [0.15, 0.2) is 4.47 Å². The first-order chi connectivity index (χ1) is 4.63. The molecule has 0 aliphatic carbocycles. The molecule has 0 atom stereocenters. The Labute approximate surface area is 80.9 Å². The molecule has 0 amide bonds. The lowest BCUT2D eigenvalue weighted by molar-refractivity contribution is 0.0689. The van der Waals surface area contributed by atoms with Crippen molar-refractivity contribution in [3.63, 3.8) is 0 Å². The van der Waals surface area contributed by atoms with E-state index >= 15 is 0 Å². The number of rotatable bonds is 1. The summed E-state index contributed by atoms with van der Waals surface area (Å²) in [7, 11) is 0. The van der Waals surface area contributed by atoms with Gasteiger partial charge in [-0.25, -0.2) is 4.79 Å². The molecule has 7 heteroatoms. The molecule has 1 aromatic heterocycles. The van der Waals surface area contributed by atoms with Crippen LogP contribution in [0.25, 0.3) is 0 Å². The zero-order valence-electron chi connectivity index (χ0n) is 5.17. The Morgan fingerprint density at radius 3 is 2.45 bits per heavy atom. The zero-order valence-corrected chi connectivity index (χ0v) is 8.47. The molecule has 1 rings (SSSR count). The molecule has 0 radical (unpaired) electrons. The molecule has 11 heavy (non-hydrogen) atoms. The van der Waals surface area contributed by atoms with Crippen LogP contribution in [0.1, 0.15) is 10.5 Å². The van der Waals surface area contributed by atoms with Crippen LogP contribution in [-0.2, 0) is 0 Å². The fourth-order valence-electron chi connectivity index (χ4n) is 0.484. The lowest BCUT2D eigenvalue weighted by Gasteiger charge is -1.85. The number of carboxylic acids is 1. The minimum atomic E-state index is -1.09. The van der Waals surface area contributed by atoms with Gasteiger partial charge in [0, 0.05) is 0 Å². The number of nitrogens with two attached hydrogens (primary N) is 1. The number of H-pyrrole nitrogens is 1. The van der Waals surface area contributed by atoms with Gasteiger partial charge in [0.1, 0.15) is 0 Å². The molecule has 1 heterocycles. The van der Waals surface area contributed by atoms with Crippen LogP contribution in [0, 0.1) is 0 Å². The zero-order chi connectivity index (χ0) is 7.72. The highest BCUT2D eigenvalue weighted by Gasteiger charge is 2.13. The first kappa shape index (κ1) is 10.4. The van der Waals surface area contributed by atoms with Gasteiger partial charge < -0.3 is 10.8 Å². The smallest absolute Gasteiger partial charge is 0.355 e. The third kappa shape index (κ3) is 1.93. The van der Waals surface area contributed by atoms with Gasteiger partial charge in [0.2, 0.25) is 0 Å². The quantitative estimate of drug-likeness (QED) is 0.719. The normalized spacial score (nSPS) is 8.82. The first-order valence-electron chi connectivity index (χ1n) is 2.35. The van der Waals surface area contributed by atoms with E-state index in [2.05, 4.69) is 26.1 Å². The molecule has 0 saturated carbocycles. The second-order valence-electron chi connectivity index (χ2n) is 1.60. The summed E-state index contributed by atoms with van der Waals surface area (Å²) in [4.78, 5) is 10.3. The van der Waals surface area contributed by atoms with E-state index in [4.69, 9.17) is 10.8 Å². The van der Waals surface area contributed by atoms with Gasteiger partial charge in [0.05, 0.1) is 4.47 Å². The summed E-state index contributed by atoms with van der Waals surface area (Å²) in [6, 6.07) is 0. The largest absolute Gasteiger partial charge is 0.476 e. The highest BCUT2D eigenvalue weighted by atomic mass is 79.9. The third-order valence-electron chi connectivity index (χ3n) is 0.946. The SMILES string of the molecule is Br.Nc1n[nH]c(C(=O)O)c1Br. The van der Waals surface area contributed by atoms with Crippen molar-refractivity contribution < 1.29 is 9.90 Å². The highest BCUT2D eigenvalue weighted by Crippen LogP contribution is 2.19. The number of hydrogen-bond acceptors (Lipinski definition) is 3. The van der Waals surface area contributed by atoms with Crippen LogP contribution in [0.2, 0.25) is 0 Å². The number of aromatic nitrogens is 2. The molecule has 0 bridgehead atoms. The van der Waals surface area contributed by atoms with E-state index in [9.17, 15) is 4.79 Å². The van der Waals surface area contributed by atoms with Crippen LogP contribution in [-0.4, -0.2) is 21.3 Å². The molecule has 0 unspecified atom stereocenters. The standard InChI is InChI=1S/C4H4BrN3O2.BrH/c5-1-2(4(9)10)7-8-3(1)6;/h(H,9,10)(H3,6,7,8);1H. The number of anilines is 1. The van der Waals surface area contributed by atoms with E-state index in [1.807, 2.05) is 0 Å². The highest BCUT2D eigenvalue weighted by molar-refractivity contribution is 9.10. The topological polar surface area (TPSA) is 92.0 Å². The number of hydrogen-bond donors (Lipinski definition) is 3. The van der Waals surface area contributed by atoms with Gasteiger partial charge >= 0.3 is 5.97 Å². The van der Waals surface area contributed by atoms with Gasteiger partial charge in [0.25, 0.3) is 0 Å². The molecule has 0 aliphatic heterocycles. The third-order valence-corrected chi connectivity index (χ3v) is 1.75. The Morgan fingerprint density at radius 2 is 2.27 bits per heavy atom. The second kappa shape index (κ2) is 3.72. The Hall–Kier alpha value is -0.560. The van der Waals surface area contributed by atoms with Gasteiger partial charge in [-0.1, -0.05) is 0 Å². The molecule has 0 spiro atoms. The van der Waals surface area contributed by atoms with Crippen molar-refractivity contribution in [2.24, 2.45) is 0 Å². The first-order valence-corrected chi connectivity index (χ1v) is 3.15. The molecule has 4 N–H and O–H groups in total. The molecular weight excluding hydrogens is 282 g/mol. The molecule has 0 aromatic carbocycles. The van der Waals surface area contributed by atoms with Gasteiger partial charge in [-0.05, 0) is 15.9 Å². The molecule has 0 aliphatic rings. The van der Waals surface area contributed by atoms with Gasteiger partial charge in [-0.3, -0.25) is 5.10 Å². The van der Waals surface area contributed by atoms with Crippen molar-refractivity contribution in [2.45, 2.75) is 0 Å². The van der Waals surface area contributed by atoms with Crippen molar-refractivity contribution in [1.82, 2.24) is 10.2 Å². The number of nitrogens with zero attached hydrogens (tertiary/aromatic N) is 1. The summed E-state index contributed by atoms with van der Waals surface area (Å²) >= 11 is 2.95. The fraction of sp³-hybridized carbons (Fsp3) is 0. The van der Waals surface area contributed by atoms with Crippen molar-refractivity contribution in [3.05, 3.63) is 10.2 Å². The van der Waals surface area contributed by atoms with E-state index < -0.39 is 5.97 Å². The molecule has 1 aromatic rings. The number of nitrogen functional groups attached to an aromatic ring is 1. The van der Waals surface area contributed by atoms with Crippen molar-refractivity contribution in [2.75, 3.05) is 5.73 Å². The number of nitrogens with one attached hydrogen (secondary N) is 1. The van der Waals surface area contributed by atoms with Crippen LogP contribution in [0.5, 0.6) is 0 Å². The molecule has 0 saturated heterocycles. The Balaban J connectivity index is 0.000001000. The molecule has 62 valence electrons. The number of carboxylic acid groups (broad SMARTS) is 1. The second-order valence-corrected chi connectivity index (χ2v) is 2.40. The van der Waals surface area contributed by atoms with Crippen LogP contribution in [0.4, 0.5) is 5.82 Å². The Kier molecular flexibility index (Phi) is 3.53. The number of carbonyl (C=O) groups is 1. The minimum Gasteiger partial charge on any atom is -0.476 e. The maximum absolute atomic E-state index is 10.3. The summed E-state index contributed by atoms with van der Waals surface area (Å²) in [6.07, 6.45) is 0. The van der Waals surface area contributed by atoms with E-state index in [0.717, 1.165) is 0 Å². The summed E-state index contributed by atoms with van der Waals surface area (Å²) in [5.41, 5.74) is 5.20. The lowest BCUT2D eigenvalue weighted by Crippen LogP contribution is -1.97. The Morgan fingerprint density at radius 1 is 1.73 bits per heavy atom. The van der Waals surface area contributed by atoms with Crippen molar-refractivity contribution in [3.8, 4) is 0 Å². The van der Waals surface area contributed by atoms with Gasteiger partial charge in [0.15, 0.2) is 11.5 Å². The molecule has 0 fully saturated rings. The van der Waals surface area contributed by atoms with Crippen LogP contribution in [0.3, 0.4) is 0 Å². The van der Waals surface area contributed by atoms with Gasteiger partial charge in [-0.15, -0.1) is 17.0 Å². The maximum Gasteiger partial charge on any atom is 0.355 e. The average molecular weight is 287 g/mol. The number of aromatic amines is 1. The van der Waals surface area contributed by atoms with Crippen LogP contribution >= 0.6 is 32.9 Å². The molecular formula is C4H5Br2N3O2. The van der Waals surface area contributed by atoms with E-state index in [0.29, 0.717) is 4.47 Å². The van der Waals surface area contributed by atoms with Crippen molar-refractivity contribution in [1.29, 1.82) is 0 Å². The predicted molar refractivity (Wildman–Crippen MR) is 48.0 cm³/mol. The predicted octanol–water partition coefficient (Wildman–Crippen LogP) is 1.03. The van der Waals surface area contributed by atoms with E-state index in [1.165, 1.54) is 0 Å². The monoisotopic (exact) mass is 285 g/mol. The lowest BCUT2D eigenvalue weighted by atomic mass is 10.4. The van der Waals surface area contributed by atoms with Gasteiger partial charge in [-0.2, -0.15) is 5.10 Å². The summed E-state index contributed by atoms with van der Waals surface area (Å²) in [5, 5.41) is 14.1. The minimum absolute atomic E-state index is 0. The summed E-state index contributed by atoms with van der Waals surface area (Å²) in [6.45, 7) is 0. The van der Waals surface area contributed by atoms with E-state index in [-0.39, 0.29) is 28.5 Å². The number of halogens is 2. The van der Waals surface area contributed by atoms with E-state index in [1.54, 1.807) is 0 Å². The summed E-state index contributed by atoms with van der Waals surface area (Å²) in [5.74, 6) is -0.937. The molecule has 5 nitrogen and oxygen atoms in total. The number of aromatic carboxylic acids is 1. The maximum atomic E-state index is 10.3.